The van der Waals surface area contributed by atoms with Crippen molar-refractivity contribution in [3.63, 3.8) is 0 Å². The number of hydrogen-bond acceptors (Lipinski definition) is 4. The van der Waals surface area contributed by atoms with E-state index in [1.54, 1.807) is 14.2 Å². The number of carbonyl (C=O) groups is 1. The molecular weight excluding hydrogens is 258 g/mol. The Kier molecular flexibility index (Phi) is 8.11. The molecule has 1 aliphatic rings. The molecule has 1 N–H and O–H groups in total. The molecule has 3 atom stereocenters. The second kappa shape index (κ2) is 9.32. The summed E-state index contributed by atoms with van der Waals surface area (Å²) in [6.45, 7) is 4.99. The second-order valence-corrected chi connectivity index (χ2v) is 5.62. The van der Waals surface area contributed by atoms with E-state index >= 15 is 0 Å². The Morgan fingerprint density at radius 1 is 1.20 bits per heavy atom. The molecule has 0 aliphatic heterocycles. The normalized spacial score (nSPS) is 26.9. The smallest absolute Gasteiger partial charge is 0.308 e. The SMILES string of the molecule is CCC1CCC(C(=O)O)C(N(CCOC)CCOC)C1. The Bertz CT molecular complexity index is 277. The van der Waals surface area contributed by atoms with Gasteiger partial charge in [-0.3, -0.25) is 9.69 Å². The van der Waals surface area contributed by atoms with Crippen molar-refractivity contribution < 1.29 is 19.4 Å². The van der Waals surface area contributed by atoms with Crippen molar-refractivity contribution in [3.8, 4) is 0 Å². The molecule has 0 aromatic carbocycles. The van der Waals surface area contributed by atoms with E-state index < -0.39 is 5.97 Å². The molecule has 1 saturated carbocycles. The molecule has 0 amide bonds. The van der Waals surface area contributed by atoms with Crippen molar-refractivity contribution in [1.82, 2.24) is 4.90 Å². The van der Waals surface area contributed by atoms with Crippen molar-refractivity contribution in [2.24, 2.45) is 11.8 Å². The topological polar surface area (TPSA) is 59.0 Å². The summed E-state index contributed by atoms with van der Waals surface area (Å²) in [5, 5.41) is 9.48. The highest BCUT2D eigenvalue weighted by molar-refractivity contribution is 5.71. The molecule has 0 saturated heterocycles. The molecule has 0 heterocycles. The van der Waals surface area contributed by atoms with Crippen LogP contribution in [-0.4, -0.2) is 62.5 Å². The van der Waals surface area contributed by atoms with Crippen LogP contribution < -0.4 is 0 Å². The summed E-state index contributed by atoms with van der Waals surface area (Å²) >= 11 is 0. The lowest BCUT2D eigenvalue weighted by molar-refractivity contribution is -0.146. The molecule has 0 aromatic heterocycles. The van der Waals surface area contributed by atoms with Crippen molar-refractivity contribution >= 4 is 5.97 Å². The summed E-state index contributed by atoms with van der Waals surface area (Å²) in [5.74, 6) is -0.279. The standard InChI is InChI=1S/C15H29NO4/c1-4-12-5-6-13(15(17)18)14(11-12)16(7-9-19-2)8-10-20-3/h12-14H,4-11H2,1-3H3,(H,17,18). The van der Waals surface area contributed by atoms with Gasteiger partial charge in [-0.15, -0.1) is 0 Å². The van der Waals surface area contributed by atoms with Crippen molar-refractivity contribution in [2.45, 2.75) is 38.6 Å². The van der Waals surface area contributed by atoms with Crippen LogP contribution in [0.5, 0.6) is 0 Å². The van der Waals surface area contributed by atoms with Gasteiger partial charge in [0.15, 0.2) is 0 Å². The van der Waals surface area contributed by atoms with E-state index in [1.165, 1.54) is 0 Å². The number of ether oxygens (including phenoxy) is 2. The van der Waals surface area contributed by atoms with Gasteiger partial charge in [0.25, 0.3) is 0 Å². The minimum atomic E-state index is -0.663. The lowest BCUT2D eigenvalue weighted by Gasteiger charge is -2.41. The first-order valence-corrected chi connectivity index (χ1v) is 7.58. The largest absolute Gasteiger partial charge is 0.481 e. The highest BCUT2D eigenvalue weighted by atomic mass is 16.5. The summed E-state index contributed by atoms with van der Waals surface area (Å²) in [5.41, 5.74) is 0. The zero-order valence-electron chi connectivity index (χ0n) is 13.0. The summed E-state index contributed by atoms with van der Waals surface area (Å²) in [6, 6.07) is 0.108. The zero-order chi connectivity index (χ0) is 15.0. The monoisotopic (exact) mass is 287 g/mol. The maximum absolute atomic E-state index is 11.5. The molecule has 5 nitrogen and oxygen atoms in total. The highest BCUT2D eigenvalue weighted by Crippen LogP contribution is 2.34. The van der Waals surface area contributed by atoms with Crippen LogP contribution in [0.1, 0.15) is 32.6 Å². The predicted octanol–water partition coefficient (Wildman–Crippen LogP) is 1.86. The van der Waals surface area contributed by atoms with E-state index in [9.17, 15) is 9.90 Å². The Labute approximate surface area is 122 Å². The lowest BCUT2D eigenvalue weighted by Crippen LogP contribution is -2.49. The fourth-order valence-electron chi connectivity index (χ4n) is 3.15. The lowest BCUT2D eigenvalue weighted by atomic mass is 9.76. The highest BCUT2D eigenvalue weighted by Gasteiger charge is 2.37. The van der Waals surface area contributed by atoms with E-state index in [1.807, 2.05) is 0 Å². The molecule has 1 rings (SSSR count). The summed E-state index contributed by atoms with van der Waals surface area (Å²) < 4.78 is 10.3. The first-order chi connectivity index (χ1) is 9.63. The van der Waals surface area contributed by atoms with Gasteiger partial charge in [-0.2, -0.15) is 0 Å². The third-order valence-electron chi connectivity index (χ3n) is 4.45. The average molecular weight is 287 g/mol. The Hall–Kier alpha value is -0.650. The summed E-state index contributed by atoms with van der Waals surface area (Å²) in [4.78, 5) is 13.8. The summed E-state index contributed by atoms with van der Waals surface area (Å²) in [7, 11) is 3.36. The number of methoxy groups -OCH3 is 2. The molecule has 3 unspecified atom stereocenters. The average Bonchev–Trinajstić information content (AvgIpc) is 2.46. The molecule has 0 radical (unpaired) electrons. The molecule has 0 spiro atoms. The van der Waals surface area contributed by atoms with Crippen LogP contribution in [0.2, 0.25) is 0 Å². The molecule has 5 heteroatoms. The van der Waals surface area contributed by atoms with Gasteiger partial charge in [0.05, 0.1) is 19.1 Å². The molecule has 20 heavy (non-hydrogen) atoms. The van der Waals surface area contributed by atoms with Crippen LogP contribution >= 0.6 is 0 Å². The maximum Gasteiger partial charge on any atom is 0.308 e. The van der Waals surface area contributed by atoms with Crippen molar-refractivity contribution in [1.29, 1.82) is 0 Å². The predicted molar refractivity (Wildman–Crippen MR) is 77.9 cm³/mol. The van der Waals surface area contributed by atoms with Crippen LogP contribution in [0.25, 0.3) is 0 Å². The van der Waals surface area contributed by atoms with Crippen LogP contribution in [0.4, 0.5) is 0 Å². The molecule has 118 valence electrons. The third-order valence-corrected chi connectivity index (χ3v) is 4.45. The number of aliphatic carboxylic acids is 1. The molecule has 1 aliphatic carbocycles. The minimum Gasteiger partial charge on any atom is -0.481 e. The van der Waals surface area contributed by atoms with Crippen LogP contribution in [0.3, 0.4) is 0 Å². The van der Waals surface area contributed by atoms with E-state index in [-0.39, 0.29) is 12.0 Å². The fourth-order valence-corrected chi connectivity index (χ4v) is 3.15. The Morgan fingerprint density at radius 2 is 1.80 bits per heavy atom. The first kappa shape index (κ1) is 17.4. The maximum atomic E-state index is 11.5. The first-order valence-electron chi connectivity index (χ1n) is 7.58. The molecular formula is C15H29NO4. The van der Waals surface area contributed by atoms with Crippen LogP contribution in [0, 0.1) is 11.8 Å². The van der Waals surface area contributed by atoms with Crippen LogP contribution in [0.15, 0.2) is 0 Å². The van der Waals surface area contributed by atoms with Gasteiger partial charge >= 0.3 is 5.97 Å². The molecule has 0 bridgehead atoms. The fraction of sp³-hybridized carbons (Fsp3) is 0.933. The number of nitrogens with zero attached hydrogens (tertiary/aromatic N) is 1. The minimum absolute atomic E-state index is 0.108. The number of carboxylic acids is 1. The van der Waals surface area contributed by atoms with E-state index in [0.29, 0.717) is 19.1 Å². The Balaban J connectivity index is 2.75. The van der Waals surface area contributed by atoms with E-state index in [4.69, 9.17) is 9.47 Å². The summed E-state index contributed by atoms with van der Waals surface area (Å²) in [6.07, 6.45) is 3.92. The van der Waals surface area contributed by atoms with Gasteiger partial charge in [0, 0.05) is 33.4 Å². The van der Waals surface area contributed by atoms with Gasteiger partial charge in [-0.1, -0.05) is 13.3 Å². The van der Waals surface area contributed by atoms with Gasteiger partial charge in [-0.25, -0.2) is 0 Å². The van der Waals surface area contributed by atoms with Crippen LogP contribution in [-0.2, 0) is 14.3 Å². The van der Waals surface area contributed by atoms with Gasteiger partial charge in [-0.05, 0) is 25.2 Å². The Morgan fingerprint density at radius 3 is 2.25 bits per heavy atom. The number of hydrogen-bond donors (Lipinski definition) is 1. The third kappa shape index (κ3) is 5.04. The van der Waals surface area contributed by atoms with Gasteiger partial charge < -0.3 is 14.6 Å². The second-order valence-electron chi connectivity index (χ2n) is 5.62. The van der Waals surface area contributed by atoms with Gasteiger partial charge in [0.1, 0.15) is 0 Å². The number of carboxylic acid groups (broad SMARTS) is 1. The van der Waals surface area contributed by atoms with Crippen molar-refractivity contribution in [3.05, 3.63) is 0 Å². The van der Waals surface area contributed by atoms with E-state index in [0.717, 1.165) is 38.8 Å². The van der Waals surface area contributed by atoms with Crippen molar-refractivity contribution in [2.75, 3.05) is 40.5 Å². The zero-order valence-corrected chi connectivity index (χ0v) is 13.0. The number of rotatable bonds is 9. The quantitative estimate of drug-likeness (QED) is 0.701. The van der Waals surface area contributed by atoms with E-state index in [2.05, 4.69) is 11.8 Å². The van der Waals surface area contributed by atoms with Gasteiger partial charge in [0.2, 0.25) is 0 Å². The molecule has 0 aromatic rings. The molecule has 1 fully saturated rings.